The Balaban J connectivity index is 1.76. The average Bonchev–Trinajstić information content (AvgIpc) is 3.02. The van der Waals surface area contributed by atoms with Gasteiger partial charge in [-0.1, -0.05) is 26.0 Å². The lowest BCUT2D eigenvalue weighted by Crippen LogP contribution is -2.36. The summed E-state index contributed by atoms with van der Waals surface area (Å²) in [6, 6.07) is 8.85. The van der Waals surface area contributed by atoms with Crippen LogP contribution in [0.3, 0.4) is 0 Å². The normalized spacial score (nSPS) is 22.4. The van der Waals surface area contributed by atoms with E-state index in [1.807, 2.05) is 17.1 Å². The van der Waals surface area contributed by atoms with Gasteiger partial charge in [0, 0.05) is 25.0 Å². The Morgan fingerprint density at radius 2 is 2.19 bits per heavy atom. The molecule has 0 amide bonds. The first kappa shape index (κ1) is 14.1. The second-order valence-electron chi connectivity index (χ2n) is 6.01. The molecule has 2 aromatic rings. The summed E-state index contributed by atoms with van der Waals surface area (Å²) in [6.07, 6.45) is 8.09. The van der Waals surface area contributed by atoms with Gasteiger partial charge in [0.1, 0.15) is 0 Å². The Morgan fingerprint density at radius 1 is 1.33 bits per heavy atom. The van der Waals surface area contributed by atoms with Crippen LogP contribution in [0.5, 0.6) is 0 Å². The van der Waals surface area contributed by atoms with Gasteiger partial charge in [-0.05, 0) is 30.9 Å². The summed E-state index contributed by atoms with van der Waals surface area (Å²) in [5, 5.41) is 3.69. The third-order valence-corrected chi connectivity index (χ3v) is 4.10. The molecule has 2 heterocycles. The summed E-state index contributed by atoms with van der Waals surface area (Å²) in [7, 11) is 0. The van der Waals surface area contributed by atoms with Crippen LogP contribution in [0, 0.1) is 5.92 Å². The van der Waals surface area contributed by atoms with Crippen molar-refractivity contribution in [2.45, 2.75) is 38.8 Å². The summed E-state index contributed by atoms with van der Waals surface area (Å²) in [5.41, 5.74) is 2.30. The maximum Gasteiger partial charge on any atom is 0.0992 e. The van der Waals surface area contributed by atoms with E-state index in [1.165, 1.54) is 0 Å². The molecule has 1 aliphatic rings. The number of anilines is 1. The molecule has 1 saturated heterocycles. The van der Waals surface area contributed by atoms with Crippen molar-refractivity contribution in [3.63, 3.8) is 0 Å². The van der Waals surface area contributed by atoms with Crippen LogP contribution in [-0.2, 0) is 4.74 Å². The van der Waals surface area contributed by atoms with E-state index in [9.17, 15) is 0 Å². The van der Waals surface area contributed by atoms with Crippen molar-refractivity contribution in [1.82, 2.24) is 9.55 Å². The Bertz CT molecular complexity index is 565. The number of rotatable bonds is 4. The molecule has 0 spiro atoms. The number of benzene rings is 1. The lowest BCUT2D eigenvalue weighted by molar-refractivity contribution is -0.0160. The Labute approximate surface area is 126 Å². The molecule has 0 radical (unpaired) electrons. The van der Waals surface area contributed by atoms with Crippen molar-refractivity contribution >= 4 is 5.69 Å². The van der Waals surface area contributed by atoms with Crippen LogP contribution in [0.25, 0.3) is 5.69 Å². The largest absolute Gasteiger partial charge is 0.380 e. The van der Waals surface area contributed by atoms with Crippen LogP contribution in [0.15, 0.2) is 43.0 Å². The quantitative estimate of drug-likeness (QED) is 0.934. The molecule has 0 aliphatic carbocycles. The van der Waals surface area contributed by atoms with Gasteiger partial charge >= 0.3 is 0 Å². The minimum absolute atomic E-state index is 0.358. The summed E-state index contributed by atoms with van der Waals surface area (Å²) in [4.78, 5) is 4.14. The number of nitrogens with one attached hydrogen (secondary N) is 1. The predicted molar refractivity (Wildman–Crippen MR) is 84.8 cm³/mol. The lowest BCUT2D eigenvalue weighted by Gasteiger charge is -2.33. The van der Waals surface area contributed by atoms with Gasteiger partial charge in [-0.25, -0.2) is 4.98 Å². The maximum atomic E-state index is 5.85. The number of hydrogen-bond donors (Lipinski definition) is 1. The molecule has 1 aliphatic heterocycles. The van der Waals surface area contributed by atoms with E-state index in [-0.39, 0.29) is 0 Å². The van der Waals surface area contributed by atoms with Crippen LogP contribution in [-0.4, -0.2) is 28.3 Å². The van der Waals surface area contributed by atoms with Gasteiger partial charge in [0.2, 0.25) is 0 Å². The number of ether oxygens (including phenoxy) is 1. The molecule has 2 unspecified atom stereocenters. The monoisotopic (exact) mass is 285 g/mol. The van der Waals surface area contributed by atoms with Gasteiger partial charge in [-0.2, -0.15) is 0 Å². The summed E-state index contributed by atoms with van der Waals surface area (Å²) in [5.74, 6) is 0.568. The molecule has 4 nitrogen and oxygen atoms in total. The summed E-state index contributed by atoms with van der Waals surface area (Å²) < 4.78 is 7.90. The molecule has 0 bridgehead atoms. The number of aromatic nitrogens is 2. The third kappa shape index (κ3) is 3.27. The minimum atomic E-state index is 0.358. The standard InChI is InChI=1S/C17H23N3O/c1-13(2)17-11-14(7-10-21-17)19-15-5-3-4-6-16(15)20-9-8-18-12-20/h3-6,8-9,12-14,17,19H,7,10-11H2,1-2H3. The molecule has 2 atom stereocenters. The Kier molecular flexibility index (Phi) is 4.25. The Hall–Kier alpha value is -1.81. The zero-order chi connectivity index (χ0) is 14.7. The summed E-state index contributed by atoms with van der Waals surface area (Å²) in [6.45, 7) is 5.30. The van der Waals surface area contributed by atoms with E-state index in [1.54, 1.807) is 6.20 Å². The van der Waals surface area contributed by atoms with Crippen molar-refractivity contribution < 1.29 is 4.74 Å². The van der Waals surface area contributed by atoms with Crippen molar-refractivity contribution in [3.05, 3.63) is 43.0 Å². The van der Waals surface area contributed by atoms with Gasteiger partial charge in [-0.15, -0.1) is 0 Å². The zero-order valence-electron chi connectivity index (χ0n) is 12.7. The van der Waals surface area contributed by atoms with Gasteiger partial charge < -0.3 is 14.6 Å². The van der Waals surface area contributed by atoms with Gasteiger partial charge in [0.25, 0.3) is 0 Å². The zero-order valence-corrected chi connectivity index (χ0v) is 12.7. The molecule has 1 aromatic heterocycles. The van der Waals surface area contributed by atoms with Crippen molar-refractivity contribution in [2.75, 3.05) is 11.9 Å². The number of nitrogens with zero attached hydrogens (tertiary/aromatic N) is 2. The smallest absolute Gasteiger partial charge is 0.0992 e. The Morgan fingerprint density at radius 3 is 2.95 bits per heavy atom. The topological polar surface area (TPSA) is 39.1 Å². The number of hydrogen-bond acceptors (Lipinski definition) is 3. The van der Waals surface area contributed by atoms with E-state index in [4.69, 9.17) is 4.74 Å². The van der Waals surface area contributed by atoms with Crippen LogP contribution in [0.2, 0.25) is 0 Å². The van der Waals surface area contributed by atoms with E-state index in [0.717, 1.165) is 30.8 Å². The van der Waals surface area contributed by atoms with Gasteiger partial charge in [-0.3, -0.25) is 0 Å². The lowest BCUT2D eigenvalue weighted by atomic mass is 9.95. The molecule has 0 saturated carbocycles. The van der Waals surface area contributed by atoms with Crippen LogP contribution >= 0.6 is 0 Å². The molecule has 112 valence electrons. The second kappa shape index (κ2) is 6.31. The minimum Gasteiger partial charge on any atom is -0.380 e. The van der Waals surface area contributed by atoms with E-state index in [2.05, 4.69) is 48.4 Å². The van der Waals surface area contributed by atoms with Gasteiger partial charge in [0.15, 0.2) is 0 Å². The highest BCUT2D eigenvalue weighted by Gasteiger charge is 2.25. The highest BCUT2D eigenvalue weighted by Crippen LogP contribution is 2.26. The first-order valence-electron chi connectivity index (χ1n) is 7.69. The number of imidazole rings is 1. The van der Waals surface area contributed by atoms with Crippen molar-refractivity contribution in [2.24, 2.45) is 5.92 Å². The second-order valence-corrected chi connectivity index (χ2v) is 6.01. The fourth-order valence-electron chi connectivity index (χ4n) is 2.87. The van der Waals surface area contributed by atoms with Crippen LogP contribution < -0.4 is 5.32 Å². The molecule has 1 aromatic carbocycles. The SMILES string of the molecule is CC(C)C1CC(Nc2ccccc2-n2ccnc2)CCO1. The summed E-state index contributed by atoms with van der Waals surface area (Å²) >= 11 is 0. The molecular formula is C17H23N3O. The fourth-order valence-corrected chi connectivity index (χ4v) is 2.87. The maximum absolute atomic E-state index is 5.85. The molecular weight excluding hydrogens is 262 g/mol. The first-order valence-corrected chi connectivity index (χ1v) is 7.69. The molecule has 4 heteroatoms. The molecule has 3 rings (SSSR count). The van der Waals surface area contributed by atoms with E-state index < -0.39 is 0 Å². The molecule has 1 N–H and O–H groups in total. The van der Waals surface area contributed by atoms with Crippen LogP contribution in [0.4, 0.5) is 5.69 Å². The number of para-hydroxylation sites is 2. The van der Waals surface area contributed by atoms with E-state index in [0.29, 0.717) is 18.1 Å². The highest BCUT2D eigenvalue weighted by molar-refractivity contribution is 5.61. The molecule has 1 fully saturated rings. The van der Waals surface area contributed by atoms with Crippen LogP contribution in [0.1, 0.15) is 26.7 Å². The third-order valence-electron chi connectivity index (χ3n) is 4.10. The molecule has 21 heavy (non-hydrogen) atoms. The van der Waals surface area contributed by atoms with E-state index >= 15 is 0 Å². The average molecular weight is 285 g/mol. The highest BCUT2D eigenvalue weighted by atomic mass is 16.5. The van der Waals surface area contributed by atoms with Crippen molar-refractivity contribution in [3.8, 4) is 5.69 Å². The fraction of sp³-hybridized carbons (Fsp3) is 0.471. The predicted octanol–water partition coefficient (Wildman–Crippen LogP) is 3.49. The first-order chi connectivity index (χ1) is 10.2. The van der Waals surface area contributed by atoms with Crippen molar-refractivity contribution in [1.29, 1.82) is 0 Å². The van der Waals surface area contributed by atoms with Gasteiger partial charge in [0.05, 0.1) is 23.8 Å².